The smallest absolute Gasteiger partial charge is 0.266 e. The molecule has 0 aromatic carbocycles. The third-order valence-electron chi connectivity index (χ3n) is 5.46. The fraction of sp³-hybridized carbons (Fsp3) is 0.500. The molecule has 0 saturated heterocycles. The topological polar surface area (TPSA) is 72.2 Å². The van der Waals surface area contributed by atoms with Crippen LogP contribution in [0.15, 0.2) is 6.07 Å². The standard InChI is InChI=1S/C20H24N2O2S2/c1-11-7-8-13-15(9-11)26-20(17(13)18(21)23)22-19(24)16-10-12-5-3-2-4-6-14(12)25-16/h10-11H,2-9H2,1H3,(H2,21,23)(H,22,24). The molecule has 0 radical (unpaired) electrons. The van der Waals surface area contributed by atoms with Gasteiger partial charge in [0.15, 0.2) is 0 Å². The van der Waals surface area contributed by atoms with Gasteiger partial charge in [-0.05, 0) is 68.1 Å². The second-order valence-electron chi connectivity index (χ2n) is 7.49. The van der Waals surface area contributed by atoms with Crippen molar-refractivity contribution in [3.8, 4) is 0 Å². The van der Waals surface area contributed by atoms with E-state index in [1.165, 1.54) is 45.9 Å². The van der Waals surface area contributed by atoms with Crippen molar-refractivity contribution < 1.29 is 9.59 Å². The van der Waals surface area contributed by atoms with Crippen LogP contribution >= 0.6 is 22.7 Å². The summed E-state index contributed by atoms with van der Waals surface area (Å²) in [7, 11) is 0. The summed E-state index contributed by atoms with van der Waals surface area (Å²) in [5, 5.41) is 3.62. The molecule has 26 heavy (non-hydrogen) atoms. The Balaban J connectivity index is 1.61. The second kappa shape index (κ2) is 7.16. The molecule has 0 saturated carbocycles. The zero-order chi connectivity index (χ0) is 18.3. The number of nitrogens with two attached hydrogens (primary N) is 1. The van der Waals surface area contributed by atoms with E-state index >= 15 is 0 Å². The van der Waals surface area contributed by atoms with Gasteiger partial charge in [-0.2, -0.15) is 0 Å². The molecule has 4 rings (SSSR count). The first-order valence-corrected chi connectivity index (χ1v) is 11.0. The van der Waals surface area contributed by atoms with E-state index in [2.05, 4.69) is 12.2 Å². The first-order chi connectivity index (χ1) is 12.5. The first kappa shape index (κ1) is 17.7. The van der Waals surface area contributed by atoms with Gasteiger partial charge in [-0.3, -0.25) is 9.59 Å². The molecule has 0 fully saturated rings. The maximum absolute atomic E-state index is 12.8. The van der Waals surface area contributed by atoms with Crippen LogP contribution in [-0.2, 0) is 25.7 Å². The van der Waals surface area contributed by atoms with Gasteiger partial charge in [0, 0.05) is 9.75 Å². The highest BCUT2D eigenvalue weighted by atomic mass is 32.1. The minimum absolute atomic E-state index is 0.114. The van der Waals surface area contributed by atoms with Crippen molar-refractivity contribution in [1.82, 2.24) is 0 Å². The van der Waals surface area contributed by atoms with Crippen molar-refractivity contribution in [2.75, 3.05) is 5.32 Å². The van der Waals surface area contributed by atoms with E-state index in [0.717, 1.165) is 42.5 Å². The van der Waals surface area contributed by atoms with Gasteiger partial charge in [-0.25, -0.2) is 0 Å². The molecule has 2 aromatic heterocycles. The fourth-order valence-electron chi connectivity index (χ4n) is 4.04. The molecule has 2 aliphatic carbocycles. The molecule has 4 nitrogen and oxygen atoms in total. The number of anilines is 1. The lowest BCUT2D eigenvalue weighted by atomic mass is 9.88. The Morgan fingerprint density at radius 3 is 2.73 bits per heavy atom. The lowest BCUT2D eigenvalue weighted by molar-refractivity contribution is 0.1000. The third-order valence-corrected chi connectivity index (χ3v) is 7.86. The molecule has 2 aromatic rings. The maximum atomic E-state index is 12.8. The van der Waals surface area contributed by atoms with Crippen LogP contribution in [0, 0.1) is 5.92 Å². The number of primary amides is 1. The summed E-state index contributed by atoms with van der Waals surface area (Å²) in [5.41, 5.74) is 8.56. The molecule has 2 amide bonds. The minimum atomic E-state index is -0.436. The molecule has 138 valence electrons. The predicted octanol–water partition coefficient (Wildman–Crippen LogP) is 4.55. The fourth-order valence-corrected chi connectivity index (χ4v) is 6.60. The van der Waals surface area contributed by atoms with E-state index in [1.807, 2.05) is 6.07 Å². The highest BCUT2D eigenvalue weighted by Gasteiger charge is 2.28. The van der Waals surface area contributed by atoms with E-state index in [-0.39, 0.29) is 5.91 Å². The van der Waals surface area contributed by atoms with E-state index in [4.69, 9.17) is 5.73 Å². The van der Waals surface area contributed by atoms with Crippen molar-refractivity contribution >= 4 is 39.5 Å². The van der Waals surface area contributed by atoms with Gasteiger partial charge in [0.25, 0.3) is 11.8 Å². The average Bonchev–Trinajstić information content (AvgIpc) is 3.08. The molecule has 0 bridgehead atoms. The van der Waals surface area contributed by atoms with Crippen molar-refractivity contribution in [2.24, 2.45) is 11.7 Å². The van der Waals surface area contributed by atoms with Crippen LogP contribution in [-0.4, -0.2) is 11.8 Å². The summed E-state index contributed by atoms with van der Waals surface area (Å²) in [4.78, 5) is 28.2. The largest absolute Gasteiger partial charge is 0.365 e. The molecule has 1 unspecified atom stereocenters. The number of thiophene rings is 2. The Morgan fingerprint density at radius 2 is 1.92 bits per heavy atom. The molecule has 2 aliphatic rings. The number of amides is 2. The van der Waals surface area contributed by atoms with Crippen LogP contribution in [0.4, 0.5) is 5.00 Å². The number of carbonyl (C=O) groups is 2. The number of aryl methyl sites for hydroxylation is 2. The molecule has 0 spiro atoms. The third kappa shape index (κ3) is 3.32. The zero-order valence-corrected chi connectivity index (χ0v) is 16.7. The van der Waals surface area contributed by atoms with Crippen LogP contribution in [0.25, 0.3) is 0 Å². The molecule has 1 atom stereocenters. The molecular formula is C20H24N2O2S2. The van der Waals surface area contributed by atoms with Gasteiger partial charge < -0.3 is 11.1 Å². The summed E-state index contributed by atoms with van der Waals surface area (Å²) in [6.07, 6.45) is 8.71. The normalized spacial score (nSPS) is 19.3. The SMILES string of the molecule is CC1CCc2c(sc(NC(=O)c3cc4c(s3)CCCCC4)c2C(N)=O)C1. The molecular weight excluding hydrogens is 364 g/mol. The van der Waals surface area contributed by atoms with Gasteiger partial charge in [0.2, 0.25) is 0 Å². The van der Waals surface area contributed by atoms with Crippen molar-refractivity contribution in [3.05, 3.63) is 37.4 Å². The van der Waals surface area contributed by atoms with Gasteiger partial charge in [0.1, 0.15) is 5.00 Å². The van der Waals surface area contributed by atoms with Gasteiger partial charge in [0.05, 0.1) is 10.4 Å². The van der Waals surface area contributed by atoms with Gasteiger partial charge in [-0.1, -0.05) is 13.3 Å². The molecule has 0 aliphatic heterocycles. The quantitative estimate of drug-likeness (QED) is 0.757. The monoisotopic (exact) mass is 388 g/mol. The highest BCUT2D eigenvalue weighted by molar-refractivity contribution is 7.17. The number of fused-ring (bicyclic) bond motifs is 2. The average molecular weight is 389 g/mol. The summed E-state index contributed by atoms with van der Waals surface area (Å²) in [5.74, 6) is 0.0601. The number of hydrogen-bond donors (Lipinski definition) is 2. The lowest BCUT2D eigenvalue weighted by Crippen LogP contribution is -2.19. The molecule has 2 heterocycles. The Labute approximate surface area is 161 Å². The van der Waals surface area contributed by atoms with Crippen LogP contribution in [0.3, 0.4) is 0 Å². The lowest BCUT2D eigenvalue weighted by Gasteiger charge is -2.18. The Kier molecular flexibility index (Phi) is 4.88. The van der Waals surface area contributed by atoms with E-state index in [1.54, 1.807) is 11.3 Å². The van der Waals surface area contributed by atoms with Crippen molar-refractivity contribution in [1.29, 1.82) is 0 Å². The van der Waals surface area contributed by atoms with E-state index in [0.29, 0.717) is 16.5 Å². The van der Waals surface area contributed by atoms with E-state index in [9.17, 15) is 9.59 Å². The molecule has 6 heteroatoms. The Morgan fingerprint density at radius 1 is 1.12 bits per heavy atom. The Bertz CT molecular complexity index is 842. The highest BCUT2D eigenvalue weighted by Crippen LogP contribution is 2.40. The minimum Gasteiger partial charge on any atom is -0.365 e. The summed E-state index contributed by atoms with van der Waals surface area (Å²) >= 11 is 3.13. The summed E-state index contributed by atoms with van der Waals surface area (Å²) in [6.45, 7) is 2.23. The number of hydrogen-bond acceptors (Lipinski definition) is 4. The van der Waals surface area contributed by atoms with Gasteiger partial charge >= 0.3 is 0 Å². The summed E-state index contributed by atoms with van der Waals surface area (Å²) < 4.78 is 0. The summed E-state index contributed by atoms with van der Waals surface area (Å²) in [6, 6.07) is 2.04. The van der Waals surface area contributed by atoms with E-state index < -0.39 is 5.91 Å². The first-order valence-electron chi connectivity index (χ1n) is 9.40. The van der Waals surface area contributed by atoms with Crippen LogP contribution in [0.5, 0.6) is 0 Å². The van der Waals surface area contributed by atoms with Gasteiger partial charge in [-0.15, -0.1) is 22.7 Å². The zero-order valence-electron chi connectivity index (χ0n) is 15.0. The predicted molar refractivity (Wildman–Crippen MR) is 108 cm³/mol. The van der Waals surface area contributed by atoms with Crippen molar-refractivity contribution in [3.63, 3.8) is 0 Å². The Hall–Kier alpha value is -1.66. The number of rotatable bonds is 3. The second-order valence-corrected chi connectivity index (χ2v) is 9.74. The number of carbonyl (C=O) groups excluding carboxylic acids is 2. The maximum Gasteiger partial charge on any atom is 0.266 e. The van der Waals surface area contributed by atoms with Crippen LogP contribution < -0.4 is 11.1 Å². The van der Waals surface area contributed by atoms with Crippen LogP contribution in [0.1, 0.15) is 73.5 Å². The van der Waals surface area contributed by atoms with Crippen molar-refractivity contribution in [2.45, 2.75) is 58.3 Å². The van der Waals surface area contributed by atoms with Crippen LogP contribution in [0.2, 0.25) is 0 Å². The number of nitrogens with one attached hydrogen (secondary N) is 1. The molecule has 3 N–H and O–H groups in total.